The van der Waals surface area contributed by atoms with Gasteiger partial charge in [-0.3, -0.25) is 9.69 Å². The first kappa shape index (κ1) is 15.5. The van der Waals surface area contributed by atoms with Crippen LogP contribution in [0.4, 0.5) is 10.5 Å². The summed E-state index contributed by atoms with van der Waals surface area (Å²) in [6.45, 7) is 0. The van der Waals surface area contributed by atoms with Gasteiger partial charge in [0.15, 0.2) is 0 Å². The molecule has 0 saturated carbocycles. The molecule has 0 radical (unpaired) electrons. The van der Waals surface area contributed by atoms with Crippen LogP contribution >= 0.6 is 0 Å². The zero-order valence-corrected chi connectivity index (χ0v) is 12.7. The molecule has 0 saturated heterocycles. The lowest BCUT2D eigenvalue weighted by atomic mass is 10.0. The average Bonchev–Trinajstić information content (AvgIpc) is 2.85. The molecule has 120 valence electrons. The smallest absolute Gasteiger partial charge is 0.338 e. The number of aliphatic imine (C=N–C) groups is 1. The highest BCUT2D eigenvalue weighted by Crippen LogP contribution is 2.39. The highest BCUT2D eigenvalue weighted by molar-refractivity contribution is 6.23. The van der Waals surface area contributed by atoms with Crippen molar-refractivity contribution in [3.63, 3.8) is 0 Å². The molecule has 2 aromatic carbocycles. The fraction of sp³-hybridized carbons (Fsp3) is 0.0556. The van der Waals surface area contributed by atoms with Crippen LogP contribution in [0.2, 0.25) is 0 Å². The highest BCUT2D eigenvalue weighted by atomic mass is 16.3. The second kappa shape index (κ2) is 6.37. The largest absolute Gasteiger partial charge is 0.509 e. The Kier molecular flexibility index (Phi) is 4.11. The number of hydrogen-bond acceptors (Lipinski definition) is 3. The molecule has 1 aliphatic heterocycles. The van der Waals surface area contributed by atoms with Gasteiger partial charge < -0.3 is 10.8 Å². The molecule has 0 aromatic heterocycles. The summed E-state index contributed by atoms with van der Waals surface area (Å²) in [4.78, 5) is 28.5. The van der Waals surface area contributed by atoms with Crippen LogP contribution < -0.4 is 10.6 Å². The Labute approximate surface area is 138 Å². The number of nitrogens with zero attached hydrogens (tertiary/aromatic N) is 2. The predicted molar refractivity (Wildman–Crippen MR) is 90.8 cm³/mol. The Hall–Kier alpha value is -3.41. The van der Waals surface area contributed by atoms with Crippen molar-refractivity contribution in [2.45, 2.75) is 6.04 Å². The molecule has 2 aromatic rings. The molecule has 1 heterocycles. The number of amides is 3. The molecule has 24 heavy (non-hydrogen) atoms. The van der Waals surface area contributed by atoms with Gasteiger partial charge in [0.25, 0.3) is 5.91 Å². The number of hydrogen-bond donors (Lipinski definition) is 2. The molecule has 0 bridgehead atoms. The van der Waals surface area contributed by atoms with Crippen molar-refractivity contribution in [1.29, 1.82) is 0 Å². The second-order valence-electron chi connectivity index (χ2n) is 5.22. The summed E-state index contributed by atoms with van der Waals surface area (Å²) in [5, 5.41) is 10.6. The molecule has 6 heteroatoms. The van der Waals surface area contributed by atoms with Gasteiger partial charge in [0.2, 0.25) is 0 Å². The van der Waals surface area contributed by atoms with Crippen LogP contribution in [-0.2, 0) is 4.79 Å². The second-order valence-corrected chi connectivity index (χ2v) is 5.22. The van der Waals surface area contributed by atoms with E-state index in [2.05, 4.69) is 4.99 Å². The van der Waals surface area contributed by atoms with Gasteiger partial charge in [-0.1, -0.05) is 48.5 Å². The number of para-hydroxylation sites is 1. The lowest BCUT2D eigenvalue weighted by Gasteiger charge is -2.25. The summed E-state index contributed by atoms with van der Waals surface area (Å²) in [5.74, 6) is -0.613. The maximum absolute atomic E-state index is 12.8. The SMILES string of the molecule is NC(=O)/N=C/C1=C(O)C(c2ccccc2)N(c2ccccc2)C1=O. The van der Waals surface area contributed by atoms with E-state index >= 15 is 0 Å². The number of carbonyl (C=O) groups excluding carboxylic acids is 2. The lowest BCUT2D eigenvalue weighted by molar-refractivity contribution is -0.114. The van der Waals surface area contributed by atoms with E-state index in [0.717, 1.165) is 11.8 Å². The number of aliphatic hydroxyl groups is 1. The van der Waals surface area contributed by atoms with Gasteiger partial charge in [-0.2, -0.15) is 0 Å². The van der Waals surface area contributed by atoms with Crippen LogP contribution in [0.3, 0.4) is 0 Å². The van der Waals surface area contributed by atoms with Crippen molar-refractivity contribution in [2.24, 2.45) is 10.7 Å². The van der Waals surface area contributed by atoms with Gasteiger partial charge >= 0.3 is 6.03 Å². The van der Waals surface area contributed by atoms with Crippen LogP contribution in [0.15, 0.2) is 77.0 Å². The first-order valence-corrected chi connectivity index (χ1v) is 7.30. The summed E-state index contributed by atoms with van der Waals surface area (Å²) in [5.41, 5.74) is 6.31. The van der Waals surface area contributed by atoms with Crippen LogP contribution in [0.5, 0.6) is 0 Å². The minimum absolute atomic E-state index is 0.0495. The third-order valence-corrected chi connectivity index (χ3v) is 3.71. The number of aliphatic hydroxyl groups excluding tert-OH is 1. The van der Waals surface area contributed by atoms with Crippen LogP contribution in [0.25, 0.3) is 0 Å². The quantitative estimate of drug-likeness (QED) is 0.851. The molecule has 1 atom stereocenters. The van der Waals surface area contributed by atoms with Crippen molar-refractivity contribution in [2.75, 3.05) is 4.90 Å². The summed E-state index contributed by atoms with van der Waals surface area (Å²) >= 11 is 0. The Morgan fingerprint density at radius 1 is 1.08 bits per heavy atom. The van der Waals surface area contributed by atoms with E-state index in [-0.39, 0.29) is 11.3 Å². The van der Waals surface area contributed by atoms with Gasteiger partial charge in [0.05, 0.1) is 5.57 Å². The molecular weight excluding hydrogens is 306 g/mol. The molecule has 1 aliphatic rings. The number of urea groups is 1. The van der Waals surface area contributed by atoms with Gasteiger partial charge in [-0.25, -0.2) is 9.79 Å². The maximum Gasteiger partial charge on any atom is 0.338 e. The molecule has 6 nitrogen and oxygen atoms in total. The zero-order chi connectivity index (χ0) is 17.1. The number of nitrogens with two attached hydrogens (primary N) is 1. The van der Waals surface area contributed by atoms with Gasteiger partial charge in [0, 0.05) is 11.9 Å². The van der Waals surface area contributed by atoms with Crippen LogP contribution in [0.1, 0.15) is 11.6 Å². The molecule has 0 fully saturated rings. The van der Waals surface area contributed by atoms with E-state index in [1.165, 1.54) is 4.90 Å². The van der Waals surface area contributed by atoms with Gasteiger partial charge in [0.1, 0.15) is 11.8 Å². The maximum atomic E-state index is 12.8. The third-order valence-electron chi connectivity index (χ3n) is 3.71. The summed E-state index contributed by atoms with van der Waals surface area (Å²) in [6.07, 6.45) is 1.01. The van der Waals surface area contributed by atoms with Crippen molar-refractivity contribution in [1.82, 2.24) is 0 Å². The van der Waals surface area contributed by atoms with E-state index in [9.17, 15) is 14.7 Å². The Morgan fingerprint density at radius 3 is 2.25 bits per heavy atom. The fourth-order valence-electron chi connectivity index (χ4n) is 2.67. The standard InChI is InChI=1S/C18H15N3O3/c19-18(24)20-11-14-16(22)15(12-7-3-1-4-8-12)21(17(14)23)13-9-5-2-6-10-13/h1-11,15,22H,(H2,19,24)/b20-11+. The number of benzene rings is 2. The molecule has 0 spiro atoms. The summed E-state index contributed by atoms with van der Waals surface area (Å²) in [7, 11) is 0. The van der Waals surface area contributed by atoms with E-state index < -0.39 is 18.0 Å². The number of rotatable bonds is 3. The van der Waals surface area contributed by atoms with Crippen molar-refractivity contribution in [3.8, 4) is 0 Å². The monoisotopic (exact) mass is 321 g/mol. The van der Waals surface area contributed by atoms with Crippen LogP contribution in [-0.4, -0.2) is 23.3 Å². The minimum atomic E-state index is -0.933. The molecule has 1 unspecified atom stereocenters. The third kappa shape index (κ3) is 2.77. The van der Waals surface area contributed by atoms with E-state index in [1.54, 1.807) is 24.3 Å². The van der Waals surface area contributed by atoms with Crippen LogP contribution in [0, 0.1) is 0 Å². The predicted octanol–water partition coefficient (Wildman–Crippen LogP) is 2.74. The van der Waals surface area contributed by atoms with E-state index in [1.807, 2.05) is 36.4 Å². The number of anilines is 1. The zero-order valence-electron chi connectivity index (χ0n) is 12.7. The van der Waals surface area contributed by atoms with Gasteiger partial charge in [-0.05, 0) is 17.7 Å². The molecule has 3 amide bonds. The lowest BCUT2D eigenvalue weighted by Crippen LogP contribution is -2.30. The van der Waals surface area contributed by atoms with Crippen molar-refractivity contribution < 1.29 is 14.7 Å². The first-order valence-electron chi connectivity index (χ1n) is 7.30. The molecule has 3 rings (SSSR count). The molecule has 0 aliphatic carbocycles. The highest BCUT2D eigenvalue weighted by Gasteiger charge is 2.40. The Morgan fingerprint density at radius 2 is 1.67 bits per heavy atom. The molecule has 3 N–H and O–H groups in total. The van der Waals surface area contributed by atoms with E-state index in [0.29, 0.717) is 5.69 Å². The molecular formula is C18H15N3O3. The Balaban J connectivity index is 2.12. The topological polar surface area (TPSA) is 96.0 Å². The Bertz CT molecular complexity index is 829. The fourth-order valence-corrected chi connectivity index (χ4v) is 2.67. The van der Waals surface area contributed by atoms with Gasteiger partial charge in [-0.15, -0.1) is 0 Å². The number of carbonyl (C=O) groups is 2. The average molecular weight is 321 g/mol. The summed E-state index contributed by atoms with van der Waals surface area (Å²) < 4.78 is 0. The van der Waals surface area contributed by atoms with Crippen molar-refractivity contribution >= 4 is 23.8 Å². The normalized spacial score (nSPS) is 17.8. The number of primary amides is 1. The van der Waals surface area contributed by atoms with E-state index in [4.69, 9.17) is 5.73 Å². The minimum Gasteiger partial charge on any atom is -0.509 e. The first-order chi connectivity index (χ1) is 11.6. The van der Waals surface area contributed by atoms with Crippen molar-refractivity contribution in [3.05, 3.63) is 77.6 Å². The summed E-state index contributed by atoms with van der Waals surface area (Å²) in [6, 6.07) is 16.5.